The predicted octanol–water partition coefficient (Wildman–Crippen LogP) is 5.07. The first-order valence-corrected chi connectivity index (χ1v) is 9.82. The summed E-state index contributed by atoms with van der Waals surface area (Å²) in [7, 11) is 0. The maximum absolute atomic E-state index is 13.5. The summed E-state index contributed by atoms with van der Waals surface area (Å²) in [6, 6.07) is -3.67. The van der Waals surface area contributed by atoms with Crippen LogP contribution >= 0.6 is 33.2 Å². The number of hydrogen-bond acceptors (Lipinski definition) is 0. The Morgan fingerprint density at radius 2 is 1.17 bits per heavy atom. The molecule has 0 heterocycles. The Morgan fingerprint density at radius 3 is 1.44 bits per heavy atom. The molecule has 18 heavy (non-hydrogen) atoms. The van der Waals surface area contributed by atoms with Gasteiger partial charge in [0, 0.05) is 11.1 Å². The molecule has 0 bridgehead atoms. The van der Waals surface area contributed by atoms with E-state index in [9.17, 15) is 22.0 Å². The Labute approximate surface area is 115 Å². The van der Waals surface area contributed by atoms with E-state index in [1.54, 1.807) is 0 Å². The van der Waals surface area contributed by atoms with E-state index < -0.39 is 46.2 Å². The van der Waals surface area contributed by atoms with E-state index in [1.165, 1.54) is 6.92 Å². The molecule has 0 spiro atoms. The van der Waals surface area contributed by atoms with E-state index in [4.69, 9.17) is 33.2 Å². The van der Waals surface area contributed by atoms with Crippen molar-refractivity contribution in [3.8, 4) is 0 Å². The van der Waals surface area contributed by atoms with Gasteiger partial charge in [-0.2, -0.15) is 0 Å². The third kappa shape index (κ3) is 2.76. The van der Waals surface area contributed by atoms with Gasteiger partial charge in [-0.1, -0.05) is 6.92 Å². The molecule has 0 nitrogen and oxygen atoms in total. The van der Waals surface area contributed by atoms with Crippen LogP contribution in [0.1, 0.15) is 24.4 Å². The molecular formula is C9H6Cl3F5Si. The second-order valence-corrected chi connectivity index (χ2v) is 12.4. The van der Waals surface area contributed by atoms with Crippen molar-refractivity contribution in [1.82, 2.24) is 0 Å². The monoisotopic (exact) mass is 342 g/mol. The molecule has 1 aromatic carbocycles. The van der Waals surface area contributed by atoms with E-state index in [1.807, 2.05) is 0 Å². The minimum atomic E-state index is -3.67. The molecule has 102 valence electrons. The molecule has 0 aliphatic heterocycles. The predicted molar refractivity (Wildman–Crippen MR) is 62.6 cm³/mol. The van der Waals surface area contributed by atoms with Gasteiger partial charge in [0.05, 0.1) is 0 Å². The van der Waals surface area contributed by atoms with E-state index in [0.717, 1.165) is 0 Å². The second kappa shape index (κ2) is 5.52. The van der Waals surface area contributed by atoms with Gasteiger partial charge in [-0.15, -0.1) is 33.2 Å². The summed E-state index contributed by atoms with van der Waals surface area (Å²) in [5.41, 5.74) is -2.37. The summed E-state index contributed by atoms with van der Waals surface area (Å²) in [5.74, 6) is -10.2. The molecule has 0 aliphatic rings. The molecule has 0 N–H and O–H groups in total. The van der Waals surface area contributed by atoms with E-state index in [2.05, 4.69) is 0 Å². The molecular weight excluding hydrogens is 338 g/mol. The van der Waals surface area contributed by atoms with Crippen molar-refractivity contribution in [3.63, 3.8) is 0 Å². The maximum atomic E-state index is 13.5. The first kappa shape index (κ1) is 16.0. The molecule has 0 amide bonds. The van der Waals surface area contributed by atoms with Crippen LogP contribution in [0.5, 0.6) is 0 Å². The SMILES string of the molecule is CC[C@H](c1c(F)c(F)c(F)c(F)c1F)[Si](Cl)(Cl)Cl. The third-order valence-electron chi connectivity index (χ3n) is 2.40. The zero-order valence-electron chi connectivity index (χ0n) is 8.81. The largest absolute Gasteiger partial charge is 0.348 e. The molecule has 0 saturated heterocycles. The van der Waals surface area contributed by atoms with Crippen LogP contribution in [0.3, 0.4) is 0 Å². The fourth-order valence-electron chi connectivity index (χ4n) is 1.53. The smallest absolute Gasteiger partial charge is 0.203 e. The zero-order valence-corrected chi connectivity index (χ0v) is 12.1. The van der Waals surface area contributed by atoms with Gasteiger partial charge in [0.25, 0.3) is 0 Å². The third-order valence-corrected chi connectivity index (χ3v) is 6.25. The summed E-state index contributed by atoms with van der Waals surface area (Å²) in [5, 5.41) is 0. The van der Waals surface area contributed by atoms with E-state index in [0.29, 0.717) is 0 Å². The van der Waals surface area contributed by atoms with Crippen molar-refractivity contribution in [2.24, 2.45) is 0 Å². The molecule has 0 fully saturated rings. The summed E-state index contributed by atoms with van der Waals surface area (Å²) >= 11 is 16.9. The van der Waals surface area contributed by atoms with Crippen LogP contribution in [0.15, 0.2) is 0 Å². The molecule has 9 heteroatoms. The normalized spacial score (nSPS) is 13.8. The van der Waals surface area contributed by atoms with Crippen molar-refractivity contribution in [2.75, 3.05) is 0 Å². The Kier molecular flexibility index (Phi) is 4.91. The molecule has 0 radical (unpaired) electrons. The molecule has 0 aromatic heterocycles. The van der Waals surface area contributed by atoms with E-state index in [-0.39, 0.29) is 6.42 Å². The lowest BCUT2D eigenvalue weighted by atomic mass is 10.1. The lowest BCUT2D eigenvalue weighted by Gasteiger charge is -2.22. The second-order valence-electron chi connectivity index (χ2n) is 3.49. The maximum Gasteiger partial charge on any atom is 0.348 e. The summed E-state index contributed by atoms with van der Waals surface area (Å²) in [6.45, 7) is 1.43. The highest BCUT2D eigenvalue weighted by Crippen LogP contribution is 2.42. The molecule has 0 saturated carbocycles. The topological polar surface area (TPSA) is 0 Å². The summed E-state index contributed by atoms with van der Waals surface area (Å²) in [6.07, 6.45) is -0.0545. The van der Waals surface area contributed by atoms with Gasteiger partial charge < -0.3 is 0 Å². The number of halogens is 8. The van der Waals surface area contributed by atoms with Crippen molar-refractivity contribution >= 4 is 39.2 Å². The van der Waals surface area contributed by atoms with Gasteiger partial charge in [-0.25, -0.2) is 22.0 Å². The average molecular weight is 344 g/mol. The average Bonchev–Trinajstić information content (AvgIpc) is 2.27. The van der Waals surface area contributed by atoms with Gasteiger partial charge in [0.2, 0.25) is 5.82 Å². The Balaban J connectivity index is 3.59. The lowest BCUT2D eigenvalue weighted by molar-refractivity contribution is 0.368. The first-order valence-electron chi connectivity index (χ1n) is 4.70. The molecule has 1 rings (SSSR count). The van der Waals surface area contributed by atoms with Crippen molar-refractivity contribution in [2.45, 2.75) is 18.9 Å². The number of rotatable bonds is 3. The molecule has 1 atom stereocenters. The van der Waals surface area contributed by atoms with Crippen LogP contribution in [0.4, 0.5) is 22.0 Å². The van der Waals surface area contributed by atoms with Crippen LogP contribution in [-0.2, 0) is 0 Å². The Bertz CT molecular complexity index is 445. The Hall–Kier alpha value is -0.0431. The minimum Gasteiger partial charge on any atom is -0.203 e. The standard InChI is InChI=1S/C9H6Cl3F5Si/c1-2-3(18(10,11)12)4-5(13)7(15)9(17)8(16)6(4)14/h3H,2H2,1H3/t3-/m1/s1. The van der Waals surface area contributed by atoms with Gasteiger partial charge in [-0.05, 0) is 6.42 Å². The van der Waals surface area contributed by atoms with Crippen molar-refractivity contribution in [3.05, 3.63) is 34.6 Å². The molecule has 0 aliphatic carbocycles. The van der Waals surface area contributed by atoms with Crippen LogP contribution in [0.25, 0.3) is 0 Å². The Morgan fingerprint density at radius 1 is 0.833 bits per heavy atom. The zero-order chi connectivity index (χ0) is 14.2. The van der Waals surface area contributed by atoms with Crippen LogP contribution < -0.4 is 0 Å². The van der Waals surface area contributed by atoms with Crippen LogP contribution in [0.2, 0.25) is 0 Å². The van der Waals surface area contributed by atoms with Crippen molar-refractivity contribution < 1.29 is 22.0 Å². The molecule has 1 aromatic rings. The fourth-order valence-corrected chi connectivity index (χ4v) is 4.94. The summed E-state index contributed by atoms with van der Waals surface area (Å²) < 4.78 is 65.9. The van der Waals surface area contributed by atoms with E-state index >= 15 is 0 Å². The highest BCUT2D eigenvalue weighted by Gasteiger charge is 2.42. The highest BCUT2D eigenvalue weighted by molar-refractivity contribution is 7.65. The van der Waals surface area contributed by atoms with Gasteiger partial charge in [0.15, 0.2) is 23.3 Å². The van der Waals surface area contributed by atoms with Gasteiger partial charge in [0.1, 0.15) is 0 Å². The van der Waals surface area contributed by atoms with Crippen LogP contribution in [-0.4, -0.2) is 6.00 Å². The lowest BCUT2D eigenvalue weighted by Crippen LogP contribution is -2.26. The quantitative estimate of drug-likeness (QED) is 0.236. The highest BCUT2D eigenvalue weighted by atomic mass is 35.8. The van der Waals surface area contributed by atoms with Gasteiger partial charge >= 0.3 is 6.00 Å². The minimum absolute atomic E-state index is 0.0545. The number of benzene rings is 1. The van der Waals surface area contributed by atoms with Crippen LogP contribution in [0, 0.1) is 29.1 Å². The summed E-state index contributed by atoms with van der Waals surface area (Å²) in [4.78, 5) is 0. The van der Waals surface area contributed by atoms with Crippen molar-refractivity contribution in [1.29, 1.82) is 0 Å². The number of hydrogen-bond donors (Lipinski definition) is 0. The molecule has 0 unspecified atom stereocenters. The van der Waals surface area contributed by atoms with Gasteiger partial charge in [-0.3, -0.25) is 0 Å². The fraction of sp³-hybridized carbons (Fsp3) is 0.333. The first-order chi connectivity index (χ1) is 8.12.